The zero-order valence-corrected chi connectivity index (χ0v) is 18.7. The molecule has 164 valence electrons. The molecule has 1 aromatic heterocycles. The van der Waals surface area contributed by atoms with Crippen molar-refractivity contribution in [1.29, 1.82) is 0 Å². The number of thiophene rings is 1. The molecule has 2 heterocycles. The smallest absolute Gasteiger partial charge is 0.252 e. The zero-order valence-electron chi connectivity index (χ0n) is 16.3. The Kier molecular flexibility index (Phi) is 6.92. The van der Waals surface area contributed by atoms with Gasteiger partial charge in [-0.15, -0.1) is 11.3 Å². The number of benzene rings is 1. The second kappa shape index (κ2) is 9.10. The number of carbonyl (C=O) groups is 1. The standard InChI is InChI=1S/C18H22FN3O5S3/c1-20(30(26,27)18-4-2-13-28-18)14-17(23)21-9-3-10-22(12-11-21)29(24,25)16-7-5-15(19)6-8-16/h2,4-8,13H,3,9-12,14H2,1H3. The Labute approximate surface area is 179 Å². The molecule has 3 rings (SSSR count). The number of rotatable bonds is 6. The Balaban J connectivity index is 1.64. The van der Waals surface area contributed by atoms with Crippen LogP contribution in [-0.2, 0) is 24.8 Å². The van der Waals surface area contributed by atoms with Gasteiger partial charge in [0.1, 0.15) is 10.0 Å². The Hall–Kier alpha value is -1.86. The van der Waals surface area contributed by atoms with Crippen LogP contribution in [-0.4, -0.2) is 76.0 Å². The van der Waals surface area contributed by atoms with Crippen molar-refractivity contribution in [3.63, 3.8) is 0 Å². The number of hydrogen-bond donors (Lipinski definition) is 0. The molecule has 12 heteroatoms. The quantitative estimate of drug-likeness (QED) is 0.630. The third kappa shape index (κ3) is 4.89. The van der Waals surface area contributed by atoms with E-state index < -0.39 is 31.8 Å². The van der Waals surface area contributed by atoms with Crippen LogP contribution < -0.4 is 0 Å². The van der Waals surface area contributed by atoms with Crippen LogP contribution >= 0.6 is 11.3 Å². The molecular formula is C18H22FN3O5S3. The summed E-state index contributed by atoms with van der Waals surface area (Å²) in [6.07, 6.45) is 0.410. The van der Waals surface area contributed by atoms with E-state index >= 15 is 0 Å². The van der Waals surface area contributed by atoms with E-state index in [2.05, 4.69) is 0 Å². The van der Waals surface area contributed by atoms with E-state index in [9.17, 15) is 26.0 Å². The highest BCUT2D eigenvalue weighted by molar-refractivity contribution is 7.91. The average Bonchev–Trinajstić information content (AvgIpc) is 3.13. The van der Waals surface area contributed by atoms with Crippen molar-refractivity contribution in [2.75, 3.05) is 39.8 Å². The van der Waals surface area contributed by atoms with Gasteiger partial charge >= 0.3 is 0 Å². The van der Waals surface area contributed by atoms with E-state index in [1.54, 1.807) is 11.4 Å². The molecule has 1 aromatic carbocycles. The third-order valence-electron chi connectivity index (χ3n) is 4.78. The normalized spacial score (nSPS) is 16.6. The van der Waals surface area contributed by atoms with Crippen LogP contribution in [0.2, 0.25) is 0 Å². The molecule has 0 N–H and O–H groups in total. The van der Waals surface area contributed by atoms with Crippen molar-refractivity contribution in [2.45, 2.75) is 15.5 Å². The maximum Gasteiger partial charge on any atom is 0.252 e. The molecule has 1 saturated heterocycles. The lowest BCUT2D eigenvalue weighted by molar-refractivity contribution is -0.131. The van der Waals surface area contributed by atoms with E-state index in [1.807, 2.05) is 0 Å². The van der Waals surface area contributed by atoms with Crippen LogP contribution in [0.4, 0.5) is 4.39 Å². The van der Waals surface area contributed by atoms with Crippen molar-refractivity contribution in [3.8, 4) is 0 Å². The molecule has 0 spiro atoms. The summed E-state index contributed by atoms with van der Waals surface area (Å²) in [5, 5.41) is 1.65. The average molecular weight is 476 g/mol. The molecule has 1 amide bonds. The molecule has 0 bridgehead atoms. The summed E-state index contributed by atoms with van der Waals surface area (Å²) in [5.41, 5.74) is 0. The number of likely N-dealkylation sites (N-methyl/N-ethyl adjacent to an activating group) is 1. The summed E-state index contributed by atoms with van der Waals surface area (Å²) >= 11 is 1.07. The summed E-state index contributed by atoms with van der Waals surface area (Å²) < 4.78 is 66.1. The first kappa shape index (κ1) is 22.8. The first-order chi connectivity index (χ1) is 14.1. The fourth-order valence-electron chi connectivity index (χ4n) is 3.08. The van der Waals surface area contributed by atoms with Gasteiger partial charge in [0.05, 0.1) is 11.4 Å². The van der Waals surface area contributed by atoms with Gasteiger partial charge in [0, 0.05) is 33.2 Å². The topological polar surface area (TPSA) is 95.1 Å². The van der Waals surface area contributed by atoms with Crippen molar-refractivity contribution in [1.82, 2.24) is 13.5 Å². The molecule has 0 radical (unpaired) electrons. The summed E-state index contributed by atoms with van der Waals surface area (Å²) in [4.78, 5) is 14.1. The molecule has 0 aliphatic carbocycles. The van der Waals surface area contributed by atoms with Crippen molar-refractivity contribution in [2.24, 2.45) is 0 Å². The molecule has 0 unspecified atom stereocenters. The first-order valence-corrected chi connectivity index (χ1v) is 12.9. The van der Waals surface area contributed by atoms with Gasteiger partial charge in [-0.3, -0.25) is 4.79 Å². The Morgan fingerprint density at radius 1 is 1.07 bits per heavy atom. The van der Waals surface area contributed by atoms with E-state index in [0.29, 0.717) is 13.0 Å². The predicted octanol–water partition coefficient (Wildman–Crippen LogP) is 1.43. The number of nitrogens with zero attached hydrogens (tertiary/aromatic N) is 3. The summed E-state index contributed by atoms with van der Waals surface area (Å²) in [6, 6.07) is 7.70. The van der Waals surface area contributed by atoms with Gasteiger partial charge in [-0.25, -0.2) is 21.2 Å². The van der Waals surface area contributed by atoms with Crippen LogP contribution in [0.3, 0.4) is 0 Å². The second-order valence-electron chi connectivity index (χ2n) is 6.79. The molecule has 1 aliphatic heterocycles. The molecule has 1 aliphatic rings. The lowest BCUT2D eigenvalue weighted by atomic mass is 10.4. The highest BCUT2D eigenvalue weighted by Crippen LogP contribution is 2.21. The molecular weight excluding hydrogens is 453 g/mol. The predicted molar refractivity (Wildman–Crippen MR) is 110 cm³/mol. The van der Waals surface area contributed by atoms with Gasteiger partial charge < -0.3 is 4.90 Å². The van der Waals surface area contributed by atoms with Crippen LogP contribution in [0, 0.1) is 5.82 Å². The van der Waals surface area contributed by atoms with Gasteiger partial charge in [-0.05, 0) is 42.1 Å². The van der Waals surface area contributed by atoms with Crippen LogP contribution in [0.15, 0.2) is 50.9 Å². The third-order valence-corrected chi connectivity index (χ3v) is 9.87. The maximum atomic E-state index is 13.1. The van der Waals surface area contributed by atoms with Gasteiger partial charge in [-0.1, -0.05) is 6.07 Å². The van der Waals surface area contributed by atoms with Crippen LogP contribution in [0.1, 0.15) is 6.42 Å². The summed E-state index contributed by atoms with van der Waals surface area (Å²) in [5.74, 6) is -0.915. The number of hydrogen-bond acceptors (Lipinski definition) is 6. The van der Waals surface area contributed by atoms with E-state index in [0.717, 1.165) is 27.8 Å². The monoisotopic (exact) mass is 475 g/mol. The SMILES string of the molecule is CN(CC(=O)N1CCCN(S(=O)(=O)c2ccc(F)cc2)CC1)S(=O)(=O)c1cccs1. The van der Waals surface area contributed by atoms with Crippen LogP contribution in [0.25, 0.3) is 0 Å². The highest BCUT2D eigenvalue weighted by Gasteiger charge is 2.30. The molecule has 2 aromatic rings. The summed E-state index contributed by atoms with van der Waals surface area (Å²) in [7, 11) is -6.20. The fourth-order valence-corrected chi connectivity index (χ4v) is 6.87. The maximum absolute atomic E-state index is 13.1. The molecule has 0 saturated carbocycles. The Morgan fingerprint density at radius 3 is 2.40 bits per heavy atom. The van der Waals surface area contributed by atoms with Crippen molar-refractivity contribution >= 4 is 37.3 Å². The second-order valence-corrected chi connectivity index (χ2v) is 11.9. The molecule has 1 fully saturated rings. The highest BCUT2D eigenvalue weighted by atomic mass is 32.2. The number of halogens is 1. The Bertz CT molecular complexity index is 1090. The van der Waals surface area contributed by atoms with Gasteiger partial charge in [0.15, 0.2) is 0 Å². The number of sulfonamides is 2. The molecule has 8 nitrogen and oxygen atoms in total. The van der Waals surface area contributed by atoms with E-state index in [1.165, 1.54) is 34.5 Å². The fraction of sp³-hybridized carbons (Fsp3) is 0.389. The van der Waals surface area contributed by atoms with Crippen molar-refractivity contribution < 1.29 is 26.0 Å². The van der Waals surface area contributed by atoms with E-state index in [-0.39, 0.29) is 35.3 Å². The lowest BCUT2D eigenvalue weighted by Gasteiger charge is -2.24. The lowest BCUT2D eigenvalue weighted by Crippen LogP contribution is -2.43. The van der Waals surface area contributed by atoms with E-state index in [4.69, 9.17) is 0 Å². The minimum absolute atomic E-state index is 0.00884. The van der Waals surface area contributed by atoms with Crippen LogP contribution in [0.5, 0.6) is 0 Å². The largest absolute Gasteiger partial charge is 0.340 e. The number of carbonyl (C=O) groups excluding carboxylic acids is 1. The van der Waals surface area contributed by atoms with Gasteiger partial charge in [0.25, 0.3) is 10.0 Å². The number of amides is 1. The van der Waals surface area contributed by atoms with Gasteiger partial charge in [0.2, 0.25) is 15.9 Å². The Morgan fingerprint density at radius 2 is 1.77 bits per heavy atom. The molecule has 30 heavy (non-hydrogen) atoms. The minimum atomic E-state index is -3.80. The van der Waals surface area contributed by atoms with Gasteiger partial charge in [-0.2, -0.15) is 8.61 Å². The summed E-state index contributed by atoms with van der Waals surface area (Å²) in [6.45, 7) is 0.428. The first-order valence-electron chi connectivity index (χ1n) is 9.16. The minimum Gasteiger partial charge on any atom is -0.340 e. The van der Waals surface area contributed by atoms with Crippen molar-refractivity contribution in [3.05, 3.63) is 47.6 Å². The zero-order chi connectivity index (χ0) is 21.9. The molecule has 0 atom stereocenters.